The van der Waals surface area contributed by atoms with Gasteiger partial charge in [-0.1, -0.05) is 24.9 Å². The number of amides is 1. The summed E-state index contributed by atoms with van der Waals surface area (Å²) >= 11 is 0. The van der Waals surface area contributed by atoms with Crippen LogP contribution in [0.2, 0.25) is 0 Å². The minimum atomic E-state index is -0.0567. The first-order valence-electron chi connectivity index (χ1n) is 7.18. The second-order valence-electron chi connectivity index (χ2n) is 5.69. The highest BCUT2D eigenvalue weighted by atomic mass is 16.5. The van der Waals surface area contributed by atoms with Gasteiger partial charge in [-0.05, 0) is 31.7 Å². The largest absolute Gasteiger partial charge is 0.349 e. The number of rotatable bonds is 2. The highest BCUT2D eigenvalue weighted by Crippen LogP contribution is 2.24. The number of fused-ring (bicyclic) bond motifs is 1. The van der Waals surface area contributed by atoms with E-state index in [9.17, 15) is 4.79 Å². The summed E-state index contributed by atoms with van der Waals surface area (Å²) in [5, 5.41) is 7.79. The van der Waals surface area contributed by atoms with Crippen molar-refractivity contribution in [1.29, 1.82) is 0 Å². The number of hydrogen-bond donors (Lipinski definition) is 1. The molecule has 5 heteroatoms. The Morgan fingerprint density at radius 2 is 2.20 bits per heavy atom. The van der Waals surface area contributed by atoms with Crippen molar-refractivity contribution in [1.82, 2.24) is 15.5 Å². The van der Waals surface area contributed by atoms with Gasteiger partial charge in [0.15, 0.2) is 0 Å². The molecule has 1 saturated carbocycles. The fourth-order valence-electron chi connectivity index (χ4n) is 2.85. The van der Waals surface area contributed by atoms with E-state index in [0.29, 0.717) is 17.2 Å². The van der Waals surface area contributed by atoms with Gasteiger partial charge in [-0.25, -0.2) is 4.98 Å². The lowest BCUT2D eigenvalue weighted by atomic mass is 9.86. The Labute approximate surface area is 117 Å². The molecular formula is C15H19N3O2. The summed E-state index contributed by atoms with van der Waals surface area (Å²) in [7, 11) is 0. The first-order valence-corrected chi connectivity index (χ1v) is 7.18. The molecule has 20 heavy (non-hydrogen) atoms. The molecule has 106 valence electrons. The van der Waals surface area contributed by atoms with Crippen LogP contribution in [0.1, 0.15) is 48.7 Å². The molecule has 5 nitrogen and oxygen atoms in total. The first-order chi connectivity index (χ1) is 9.65. The maximum absolute atomic E-state index is 12.3. The molecule has 0 aliphatic heterocycles. The average Bonchev–Trinajstić information content (AvgIpc) is 2.82. The van der Waals surface area contributed by atoms with Crippen LogP contribution in [0.15, 0.2) is 16.8 Å². The van der Waals surface area contributed by atoms with Crippen molar-refractivity contribution < 1.29 is 9.32 Å². The Morgan fingerprint density at radius 3 is 3.00 bits per heavy atom. The van der Waals surface area contributed by atoms with Crippen LogP contribution < -0.4 is 5.32 Å². The first kappa shape index (κ1) is 13.1. The van der Waals surface area contributed by atoms with E-state index < -0.39 is 0 Å². The molecule has 2 aromatic rings. The Balaban J connectivity index is 1.79. The number of nitrogens with zero attached hydrogens (tertiary/aromatic N) is 2. The average molecular weight is 273 g/mol. The summed E-state index contributed by atoms with van der Waals surface area (Å²) in [5.41, 5.74) is 1.81. The van der Waals surface area contributed by atoms with E-state index in [1.807, 2.05) is 6.92 Å². The van der Waals surface area contributed by atoms with Crippen LogP contribution in [-0.4, -0.2) is 22.1 Å². The van der Waals surface area contributed by atoms with Crippen LogP contribution in [0.25, 0.3) is 11.1 Å². The number of carbonyl (C=O) groups is 1. The Hall–Kier alpha value is -1.91. The van der Waals surface area contributed by atoms with Gasteiger partial charge in [-0.3, -0.25) is 4.79 Å². The highest BCUT2D eigenvalue weighted by molar-refractivity contribution is 5.97. The van der Waals surface area contributed by atoms with Gasteiger partial charge in [0.05, 0.1) is 16.6 Å². The minimum absolute atomic E-state index is 0.0567. The number of nitrogens with one attached hydrogen (secondary N) is 1. The third-order valence-corrected chi connectivity index (χ3v) is 4.20. The van der Waals surface area contributed by atoms with Gasteiger partial charge in [-0.2, -0.15) is 0 Å². The zero-order chi connectivity index (χ0) is 14.1. The normalized spacial score (nSPS) is 22.9. The summed E-state index contributed by atoms with van der Waals surface area (Å²) in [4.78, 5) is 16.5. The number of aryl methyl sites for hydroxylation is 1. The number of pyridine rings is 1. The van der Waals surface area contributed by atoms with Crippen molar-refractivity contribution >= 4 is 17.0 Å². The molecule has 0 radical (unpaired) electrons. The Morgan fingerprint density at radius 1 is 1.40 bits per heavy atom. The number of hydrogen-bond acceptors (Lipinski definition) is 4. The zero-order valence-corrected chi connectivity index (χ0v) is 11.8. The van der Waals surface area contributed by atoms with Crippen molar-refractivity contribution in [3.05, 3.63) is 23.5 Å². The van der Waals surface area contributed by atoms with Crippen molar-refractivity contribution in [3.63, 3.8) is 0 Å². The third-order valence-electron chi connectivity index (χ3n) is 4.20. The van der Waals surface area contributed by atoms with E-state index in [0.717, 1.165) is 17.5 Å². The highest BCUT2D eigenvalue weighted by Gasteiger charge is 2.23. The topological polar surface area (TPSA) is 68.0 Å². The van der Waals surface area contributed by atoms with Crippen LogP contribution in [0.5, 0.6) is 0 Å². The molecule has 1 aliphatic rings. The van der Waals surface area contributed by atoms with Crippen molar-refractivity contribution in [3.8, 4) is 0 Å². The SMILES string of the molecule is Cc1noc2ncc(C(=O)N[C@H]3CCCC[C@@H]3C)cc12. The minimum Gasteiger partial charge on any atom is -0.349 e. The summed E-state index contributed by atoms with van der Waals surface area (Å²) in [6, 6.07) is 2.08. The second kappa shape index (κ2) is 5.23. The smallest absolute Gasteiger partial charge is 0.257 e. The summed E-state index contributed by atoms with van der Waals surface area (Å²) < 4.78 is 5.06. The van der Waals surface area contributed by atoms with E-state index in [1.165, 1.54) is 19.3 Å². The molecule has 0 aromatic carbocycles. The van der Waals surface area contributed by atoms with Crippen LogP contribution >= 0.6 is 0 Å². The molecule has 0 bridgehead atoms. The summed E-state index contributed by atoms with van der Waals surface area (Å²) in [6.07, 6.45) is 6.26. The lowest BCUT2D eigenvalue weighted by Gasteiger charge is -2.29. The van der Waals surface area contributed by atoms with Crippen molar-refractivity contribution in [2.24, 2.45) is 5.92 Å². The molecule has 0 saturated heterocycles. The summed E-state index contributed by atoms with van der Waals surface area (Å²) in [5.74, 6) is 0.487. The molecule has 0 unspecified atom stereocenters. The number of aromatic nitrogens is 2. The predicted molar refractivity (Wildman–Crippen MR) is 75.4 cm³/mol. The van der Waals surface area contributed by atoms with Crippen LogP contribution in [0.3, 0.4) is 0 Å². The summed E-state index contributed by atoms with van der Waals surface area (Å²) in [6.45, 7) is 4.05. The quantitative estimate of drug-likeness (QED) is 0.913. The van der Waals surface area contributed by atoms with Crippen molar-refractivity contribution in [2.75, 3.05) is 0 Å². The fraction of sp³-hybridized carbons (Fsp3) is 0.533. The molecular weight excluding hydrogens is 254 g/mol. The monoisotopic (exact) mass is 273 g/mol. The van der Waals surface area contributed by atoms with Crippen LogP contribution in [-0.2, 0) is 0 Å². The standard InChI is InChI=1S/C15H19N3O2/c1-9-5-3-4-6-13(9)17-14(19)11-7-12-10(2)18-20-15(12)16-8-11/h7-9,13H,3-6H2,1-2H3,(H,17,19)/t9-,13-/m0/s1. The molecule has 1 N–H and O–H groups in total. The van der Waals surface area contributed by atoms with Gasteiger partial charge in [-0.15, -0.1) is 0 Å². The van der Waals surface area contributed by atoms with E-state index in [-0.39, 0.29) is 11.9 Å². The van der Waals surface area contributed by atoms with Crippen LogP contribution in [0.4, 0.5) is 0 Å². The van der Waals surface area contributed by atoms with Gasteiger partial charge in [0.25, 0.3) is 11.6 Å². The third kappa shape index (κ3) is 2.40. The Bertz CT molecular complexity index is 635. The fourth-order valence-corrected chi connectivity index (χ4v) is 2.85. The predicted octanol–water partition coefficient (Wildman–Crippen LogP) is 2.84. The zero-order valence-electron chi connectivity index (χ0n) is 11.8. The van der Waals surface area contributed by atoms with E-state index in [4.69, 9.17) is 4.52 Å². The maximum atomic E-state index is 12.3. The maximum Gasteiger partial charge on any atom is 0.257 e. The van der Waals surface area contributed by atoms with Gasteiger partial charge in [0.1, 0.15) is 0 Å². The second-order valence-corrected chi connectivity index (χ2v) is 5.69. The molecule has 1 aliphatic carbocycles. The van der Waals surface area contributed by atoms with Gasteiger partial charge < -0.3 is 9.84 Å². The molecule has 1 fully saturated rings. The van der Waals surface area contributed by atoms with Gasteiger partial charge in [0.2, 0.25) is 0 Å². The van der Waals surface area contributed by atoms with Crippen LogP contribution in [0, 0.1) is 12.8 Å². The van der Waals surface area contributed by atoms with Gasteiger partial charge in [0, 0.05) is 12.2 Å². The molecule has 1 amide bonds. The lowest BCUT2D eigenvalue weighted by molar-refractivity contribution is 0.0910. The molecule has 2 aromatic heterocycles. The number of carbonyl (C=O) groups excluding carboxylic acids is 1. The molecule has 2 heterocycles. The van der Waals surface area contributed by atoms with Gasteiger partial charge >= 0.3 is 0 Å². The molecule has 0 spiro atoms. The van der Waals surface area contributed by atoms with E-state index >= 15 is 0 Å². The Kier molecular flexibility index (Phi) is 3.42. The lowest BCUT2D eigenvalue weighted by Crippen LogP contribution is -2.41. The van der Waals surface area contributed by atoms with Crippen molar-refractivity contribution in [2.45, 2.75) is 45.6 Å². The van der Waals surface area contributed by atoms with E-state index in [2.05, 4.69) is 22.4 Å². The molecule has 3 rings (SSSR count). The molecule has 2 atom stereocenters. The van der Waals surface area contributed by atoms with E-state index in [1.54, 1.807) is 12.3 Å².